The molecule has 0 bridgehead atoms. The van der Waals surface area contributed by atoms with Crippen LogP contribution in [0.25, 0.3) is 22.9 Å². The Morgan fingerprint density at radius 1 is 0.767 bits per heavy atom. The highest BCUT2D eigenvalue weighted by Gasteiger charge is 2.47. The van der Waals surface area contributed by atoms with Crippen molar-refractivity contribution in [2.24, 2.45) is 0 Å². The maximum atomic E-state index is 3.79. The summed E-state index contributed by atoms with van der Waals surface area (Å²) < 4.78 is 2.37. The molecule has 5 rings (SSSR count). The summed E-state index contributed by atoms with van der Waals surface area (Å²) in [6.45, 7) is 12.2. The second-order valence-corrected chi connectivity index (χ2v) is 16.1. The summed E-state index contributed by atoms with van der Waals surface area (Å²) in [7, 11) is -1.78. The van der Waals surface area contributed by atoms with Gasteiger partial charge >= 0.3 is 0 Å². The summed E-state index contributed by atoms with van der Waals surface area (Å²) in [6, 6.07) is 15.9. The lowest BCUT2D eigenvalue weighted by molar-refractivity contribution is 0.968. The quantitative estimate of drug-likeness (QED) is 0.286. The Morgan fingerprint density at radius 3 is 2.17 bits per heavy atom. The molecule has 2 atom stereocenters. The van der Waals surface area contributed by atoms with Crippen molar-refractivity contribution in [3.8, 4) is 0 Å². The molecule has 3 aromatic rings. The highest BCUT2D eigenvalue weighted by atomic mass is 79.9. The molecule has 0 spiro atoms. The molecule has 0 aromatic heterocycles. The van der Waals surface area contributed by atoms with E-state index in [1.807, 2.05) is 0 Å². The van der Waals surface area contributed by atoms with Gasteiger partial charge in [-0.05, 0) is 77.6 Å². The van der Waals surface area contributed by atoms with Crippen LogP contribution in [0.1, 0.15) is 52.7 Å². The predicted octanol–water partition coefficient (Wildman–Crippen LogP) is 9.16. The van der Waals surface area contributed by atoms with E-state index in [-0.39, 0.29) is 0 Å². The first kappa shape index (κ1) is 20.5. The average molecular weight is 538 g/mol. The van der Waals surface area contributed by atoms with Gasteiger partial charge in [-0.15, -0.1) is 0 Å². The number of allylic oxidation sites excluding steroid dienone is 2. The van der Waals surface area contributed by atoms with Gasteiger partial charge in [-0.3, -0.25) is 0 Å². The van der Waals surface area contributed by atoms with Crippen LogP contribution >= 0.6 is 31.9 Å². The van der Waals surface area contributed by atoms with E-state index >= 15 is 0 Å². The summed E-state index contributed by atoms with van der Waals surface area (Å²) >= 11 is 7.46. The molecule has 3 aromatic carbocycles. The number of halogens is 2. The molecule has 0 fully saturated rings. The lowest BCUT2D eigenvalue weighted by atomic mass is 9.96. The molecule has 0 nitrogen and oxygen atoms in total. The normalized spacial score (nSPS) is 20.2. The first-order chi connectivity index (χ1) is 14.2. The number of aryl methyl sites for hydroxylation is 1. The second kappa shape index (κ2) is 7.05. The zero-order valence-electron chi connectivity index (χ0n) is 18.1. The Labute approximate surface area is 197 Å². The van der Waals surface area contributed by atoms with E-state index in [9.17, 15) is 0 Å². The van der Waals surface area contributed by atoms with Crippen molar-refractivity contribution in [1.82, 2.24) is 0 Å². The van der Waals surface area contributed by atoms with Crippen LogP contribution in [0.2, 0.25) is 13.1 Å². The third-order valence-electron chi connectivity index (χ3n) is 7.30. The molecule has 0 radical (unpaired) electrons. The molecule has 3 heteroatoms. The van der Waals surface area contributed by atoms with Gasteiger partial charge in [0.25, 0.3) is 0 Å². The molecule has 2 unspecified atom stereocenters. The average Bonchev–Trinajstić information content (AvgIpc) is 3.19. The Morgan fingerprint density at radius 2 is 1.43 bits per heavy atom. The summed E-state index contributed by atoms with van der Waals surface area (Å²) in [4.78, 5) is 0. The SMILES string of the molecule is CC1=Cc2c(Br)cccc2C1[Si](C)(C)C1C(C)=Cc2c1cc1cc(Br)ccc1c2C. The number of rotatable bonds is 2. The first-order valence-electron chi connectivity index (χ1n) is 10.6. The molecule has 0 saturated carbocycles. The fourth-order valence-electron chi connectivity index (χ4n) is 6.24. The Hall–Kier alpha value is -1.42. The summed E-state index contributed by atoms with van der Waals surface area (Å²) in [5.74, 6) is 0. The van der Waals surface area contributed by atoms with Crippen LogP contribution in [-0.4, -0.2) is 8.07 Å². The minimum absolute atomic E-state index is 0.535. The third-order valence-corrected chi connectivity index (χ3v) is 13.0. The molecular weight excluding hydrogens is 512 g/mol. The fourth-order valence-corrected chi connectivity index (χ4v) is 12.1. The zero-order chi connectivity index (χ0) is 21.4. The van der Waals surface area contributed by atoms with Gasteiger partial charge in [0.15, 0.2) is 0 Å². The molecule has 0 N–H and O–H groups in total. The van der Waals surface area contributed by atoms with Gasteiger partial charge in [-0.2, -0.15) is 0 Å². The monoisotopic (exact) mass is 536 g/mol. The molecule has 2 aliphatic carbocycles. The molecule has 0 saturated heterocycles. The molecule has 30 heavy (non-hydrogen) atoms. The lowest BCUT2D eigenvalue weighted by Crippen LogP contribution is -2.42. The lowest BCUT2D eigenvalue weighted by Gasteiger charge is -2.39. The Balaban J connectivity index is 1.70. The van der Waals surface area contributed by atoms with Crippen molar-refractivity contribution < 1.29 is 0 Å². The van der Waals surface area contributed by atoms with Crippen LogP contribution in [0.4, 0.5) is 0 Å². The van der Waals surface area contributed by atoms with Gasteiger partial charge in [0.05, 0.1) is 8.07 Å². The van der Waals surface area contributed by atoms with E-state index in [1.54, 1.807) is 5.56 Å². The van der Waals surface area contributed by atoms with Crippen molar-refractivity contribution in [1.29, 1.82) is 0 Å². The van der Waals surface area contributed by atoms with Gasteiger partial charge in [0, 0.05) is 20.0 Å². The van der Waals surface area contributed by atoms with Gasteiger partial charge in [-0.25, -0.2) is 0 Å². The second-order valence-electron chi connectivity index (χ2n) is 9.58. The molecule has 0 heterocycles. The standard InChI is InChI=1S/C27H26Br2Si/c1-15-11-22-17(3)20-10-9-19(28)13-18(20)14-24(22)27(15)30(4,5)26-16(2)12-23-21(26)7-6-8-25(23)29/h6-14,26-27H,1-5H3. The van der Waals surface area contributed by atoms with Crippen LogP contribution in [0, 0.1) is 6.92 Å². The van der Waals surface area contributed by atoms with Gasteiger partial charge in [-0.1, -0.05) is 92.5 Å². The van der Waals surface area contributed by atoms with Gasteiger partial charge < -0.3 is 0 Å². The number of benzene rings is 3. The fraction of sp³-hybridized carbons (Fsp3) is 0.259. The Kier molecular flexibility index (Phi) is 4.81. The van der Waals surface area contributed by atoms with E-state index in [4.69, 9.17) is 0 Å². The molecule has 0 aliphatic heterocycles. The predicted molar refractivity (Wildman–Crippen MR) is 141 cm³/mol. The van der Waals surface area contributed by atoms with E-state index in [2.05, 4.69) is 120 Å². The minimum Gasteiger partial charge on any atom is -0.0679 e. The number of hydrogen-bond donors (Lipinski definition) is 0. The maximum absolute atomic E-state index is 3.79. The van der Waals surface area contributed by atoms with Crippen LogP contribution < -0.4 is 0 Å². The van der Waals surface area contributed by atoms with Crippen molar-refractivity contribution in [2.45, 2.75) is 44.9 Å². The van der Waals surface area contributed by atoms with E-state index in [0.29, 0.717) is 11.1 Å². The smallest absolute Gasteiger partial charge is 0.0679 e. The number of fused-ring (bicyclic) bond motifs is 3. The van der Waals surface area contributed by atoms with Crippen LogP contribution in [0.5, 0.6) is 0 Å². The topological polar surface area (TPSA) is 0 Å². The van der Waals surface area contributed by atoms with E-state index in [0.717, 1.165) is 4.47 Å². The summed E-state index contributed by atoms with van der Waals surface area (Å²) in [5.41, 5.74) is 11.5. The highest BCUT2D eigenvalue weighted by Crippen LogP contribution is 2.53. The van der Waals surface area contributed by atoms with Crippen molar-refractivity contribution in [3.05, 3.63) is 90.4 Å². The molecule has 0 amide bonds. The zero-order valence-corrected chi connectivity index (χ0v) is 22.3. The molecule has 2 aliphatic rings. The largest absolute Gasteiger partial charge is 0.0722 e. The van der Waals surface area contributed by atoms with Gasteiger partial charge in [0.1, 0.15) is 0 Å². The van der Waals surface area contributed by atoms with Crippen LogP contribution in [-0.2, 0) is 0 Å². The van der Waals surface area contributed by atoms with Crippen LogP contribution in [0.3, 0.4) is 0 Å². The van der Waals surface area contributed by atoms with Crippen LogP contribution in [0.15, 0.2) is 62.6 Å². The molecule has 152 valence electrons. The number of hydrogen-bond acceptors (Lipinski definition) is 0. The van der Waals surface area contributed by atoms with Crippen molar-refractivity contribution in [3.63, 3.8) is 0 Å². The Bertz CT molecular complexity index is 1280. The summed E-state index contributed by atoms with van der Waals surface area (Å²) in [5, 5.41) is 2.72. The third kappa shape index (κ3) is 2.89. The minimum atomic E-state index is -1.78. The van der Waals surface area contributed by atoms with E-state index in [1.165, 1.54) is 48.6 Å². The van der Waals surface area contributed by atoms with Crippen molar-refractivity contribution in [2.75, 3.05) is 0 Å². The van der Waals surface area contributed by atoms with Crippen molar-refractivity contribution >= 4 is 62.9 Å². The first-order valence-corrected chi connectivity index (χ1v) is 15.3. The summed E-state index contributed by atoms with van der Waals surface area (Å²) in [6.07, 6.45) is 4.89. The van der Waals surface area contributed by atoms with Gasteiger partial charge in [0.2, 0.25) is 0 Å². The molecular formula is C27H26Br2Si. The highest BCUT2D eigenvalue weighted by molar-refractivity contribution is 9.10. The maximum Gasteiger partial charge on any atom is 0.0722 e. The van der Waals surface area contributed by atoms with E-state index < -0.39 is 8.07 Å².